The van der Waals surface area contributed by atoms with E-state index in [0.29, 0.717) is 30.3 Å². The summed E-state index contributed by atoms with van der Waals surface area (Å²) in [5, 5.41) is 11.0. The van der Waals surface area contributed by atoms with Crippen molar-refractivity contribution in [3.8, 4) is 0 Å². The molecule has 1 atom stereocenters. The molecule has 0 saturated carbocycles. The van der Waals surface area contributed by atoms with Gasteiger partial charge in [-0.25, -0.2) is 0 Å². The minimum Gasteiger partial charge on any atom is -0.336 e. The number of carbonyl (C=O) groups is 1. The molecule has 6 nitrogen and oxygen atoms in total. The summed E-state index contributed by atoms with van der Waals surface area (Å²) in [6, 6.07) is 5.39. The van der Waals surface area contributed by atoms with Crippen LogP contribution in [0.25, 0.3) is 0 Å². The van der Waals surface area contributed by atoms with Crippen molar-refractivity contribution in [3.63, 3.8) is 0 Å². The van der Waals surface area contributed by atoms with Gasteiger partial charge in [0.1, 0.15) is 0 Å². The van der Waals surface area contributed by atoms with Crippen molar-refractivity contribution in [2.75, 3.05) is 37.7 Å². The molecule has 2 aliphatic rings. The number of aryl methyl sites for hydroxylation is 1. The highest BCUT2D eigenvalue weighted by molar-refractivity contribution is 7.99. The highest BCUT2D eigenvalue weighted by Gasteiger charge is 2.29. The van der Waals surface area contributed by atoms with Gasteiger partial charge in [-0.3, -0.25) is 19.8 Å². The molecule has 124 valence electrons. The highest BCUT2D eigenvalue weighted by atomic mass is 32.2. The van der Waals surface area contributed by atoms with Crippen molar-refractivity contribution in [2.24, 2.45) is 0 Å². The highest BCUT2D eigenvalue weighted by Crippen LogP contribution is 2.24. The molecule has 2 aliphatic heterocycles. The molecule has 0 N–H and O–H groups in total. The van der Waals surface area contributed by atoms with Crippen LogP contribution in [0.5, 0.6) is 0 Å². The van der Waals surface area contributed by atoms with Crippen LogP contribution in [-0.2, 0) is 0 Å². The first-order chi connectivity index (χ1) is 11.1. The van der Waals surface area contributed by atoms with Crippen LogP contribution in [0.4, 0.5) is 5.69 Å². The molecule has 0 spiro atoms. The predicted octanol–water partition coefficient (Wildman–Crippen LogP) is 2.17. The molecule has 0 aromatic heterocycles. The lowest BCUT2D eigenvalue weighted by Crippen LogP contribution is -2.52. The van der Waals surface area contributed by atoms with E-state index in [1.54, 1.807) is 19.1 Å². The average molecular weight is 335 g/mol. The van der Waals surface area contributed by atoms with Crippen LogP contribution in [0.3, 0.4) is 0 Å². The van der Waals surface area contributed by atoms with Crippen LogP contribution in [0.2, 0.25) is 0 Å². The number of hydrogen-bond acceptors (Lipinski definition) is 5. The van der Waals surface area contributed by atoms with Crippen LogP contribution in [-0.4, -0.2) is 64.4 Å². The van der Waals surface area contributed by atoms with Gasteiger partial charge in [0.2, 0.25) is 0 Å². The summed E-state index contributed by atoms with van der Waals surface area (Å²) in [4.78, 5) is 27.5. The number of rotatable bonds is 3. The summed E-state index contributed by atoms with van der Waals surface area (Å²) in [5.74, 6) is 2.32. The first kappa shape index (κ1) is 16.3. The van der Waals surface area contributed by atoms with E-state index in [1.165, 1.54) is 24.0 Å². The van der Waals surface area contributed by atoms with E-state index in [2.05, 4.69) is 4.90 Å². The maximum atomic E-state index is 12.6. The van der Waals surface area contributed by atoms with Crippen molar-refractivity contribution in [1.29, 1.82) is 0 Å². The van der Waals surface area contributed by atoms with Gasteiger partial charge in [0.05, 0.1) is 4.92 Å². The molecular weight excluding hydrogens is 314 g/mol. The Labute approximate surface area is 140 Å². The standard InChI is InChI=1S/C16H21N3O3S/c1-12-2-3-13(10-15(12)19(21)22)16(20)18-7-5-17(6-8-18)14-4-9-23-11-14/h2-3,10,14H,4-9,11H2,1H3/t14-/m0/s1. The number of benzene rings is 1. The van der Waals surface area contributed by atoms with Crippen molar-refractivity contribution in [3.05, 3.63) is 39.4 Å². The van der Waals surface area contributed by atoms with Crippen LogP contribution in [0.15, 0.2) is 18.2 Å². The molecule has 2 fully saturated rings. The van der Waals surface area contributed by atoms with Crippen molar-refractivity contribution in [1.82, 2.24) is 9.80 Å². The Morgan fingerprint density at radius 2 is 2.04 bits per heavy atom. The SMILES string of the molecule is Cc1ccc(C(=O)N2CCN([C@H]3CCSC3)CC2)cc1[N+](=O)[O-]. The summed E-state index contributed by atoms with van der Waals surface area (Å²) < 4.78 is 0. The lowest BCUT2D eigenvalue weighted by molar-refractivity contribution is -0.385. The van der Waals surface area contributed by atoms with Gasteiger partial charge < -0.3 is 4.90 Å². The van der Waals surface area contributed by atoms with Gasteiger partial charge in [-0.05, 0) is 25.2 Å². The summed E-state index contributed by atoms with van der Waals surface area (Å²) >= 11 is 2.00. The molecule has 23 heavy (non-hydrogen) atoms. The summed E-state index contributed by atoms with van der Waals surface area (Å²) in [6.45, 7) is 4.87. The number of hydrogen-bond donors (Lipinski definition) is 0. The quantitative estimate of drug-likeness (QED) is 0.625. The lowest BCUT2D eigenvalue weighted by atomic mass is 10.1. The first-order valence-corrected chi connectivity index (χ1v) is 9.08. The zero-order chi connectivity index (χ0) is 16.4. The Bertz CT molecular complexity index is 609. The fourth-order valence-corrected chi connectivity index (χ4v) is 4.48. The van der Waals surface area contributed by atoms with Gasteiger partial charge in [-0.2, -0.15) is 11.8 Å². The number of thioether (sulfide) groups is 1. The van der Waals surface area contributed by atoms with E-state index >= 15 is 0 Å². The molecule has 7 heteroatoms. The van der Waals surface area contributed by atoms with E-state index in [9.17, 15) is 14.9 Å². The van der Waals surface area contributed by atoms with E-state index in [1.807, 2.05) is 16.7 Å². The molecule has 3 rings (SSSR count). The van der Waals surface area contributed by atoms with E-state index < -0.39 is 4.92 Å². The Morgan fingerprint density at radius 3 is 2.65 bits per heavy atom. The molecular formula is C16H21N3O3S. The number of carbonyl (C=O) groups excluding carboxylic acids is 1. The van der Waals surface area contributed by atoms with Crippen LogP contribution in [0, 0.1) is 17.0 Å². The monoisotopic (exact) mass is 335 g/mol. The molecule has 0 aliphatic carbocycles. The largest absolute Gasteiger partial charge is 0.336 e. The third kappa shape index (κ3) is 3.50. The number of nitro groups is 1. The molecule has 2 saturated heterocycles. The summed E-state index contributed by atoms with van der Waals surface area (Å²) in [5.41, 5.74) is 1.000. The second-order valence-electron chi connectivity index (χ2n) is 6.10. The molecule has 1 aromatic rings. The second-order valence-corrected chi connectivity index (χ2v) is 7.25. The summed E-state index contributed by atoms with van der Waals surface area (Å²) in [7, 11) is 0. The molecule has 1 amide bonds. The fraction of sp³-hybridized carbons (Fsp3) is 0.562. The second kappa shape index (κ2) is 6.88. The maximum absolute atomic E-state index is 12.6. The van der Waals surface area contributed by atoms with E-state index in [4.69, 9.17) is 0 Å². The molecule has 1 aromatic carbocycles. The van der Waals surface area contributed by atoms with Crippen molar-refractivity contribution >= 4 is 23.4 Å². The Morgan fingerprint density at radius 1 is 1.30 bits per heavy atom. The van der Waals surface area contributed by atoms with Crippen molar-refractivity contribution in [2.45, 2.75) is 19.4 Å². The van der Waals surface area contributed by atoms with Gasteiger partial charge in [-0.1, -0.05) is 6.07 Å². The third-order valence-corrected chi connectivity index (χ3v) is 5.82. The maximum Gasteiger partial charge on any atom is 0.273 e. The zero-order valence-electron chi connectivity index (χ0n) is 13.2. The van der Waals surface area contributed by atoms with E-state index in [-0.39, 0.29) is 11.6 Å². The minimum absolute atomic E-state index is 0.0115. The lowest BCUT2D eigenvalue weighted by Gasteiger charge is -2.37. The van der Waals surface area contributed by atoms with Crippen LogP contribution >= 0.6 is 11.8 Å². The number of nitrogens with zero attached hydrogens (tertiary/aromatic N) is 3. The van der Waals surface area contributed by atoms with Crippen LogP contribution in [0.1, 0.15) is 22.3 Å². The van der Waals surface area contributed by atoms with Gasteiger partial charge >= 0.3 is 0 Å². The smallest absolute Gasteiger partial charge is 0.273 e. The predicted molar refractivity (Wildman–Crippen MR) is 91.0 cm³/mol. The fourth-order valence-electron chi connectivity index (χ4n) is 3.22. The van der Waals surface area contributed by atoms with Gasteiger partial charge in [0, 0.05) is 55.2 Å². The first-order valence-electron chi connectivity index (χ1n) is 7.92. The number of piperazine rings is 1. The molecule has 0 radical (unpaired) electrons. The molecule has 0 unspecified atom stereocenters. The Hall–Kier alpha value is -1.60. The average Bonchev–Trinajstić information content (AvgIpc) is 3.09. The third-order valence-electron chi connectivity index (χ3n) is 4.68. The topological polar surface area (TPSA) is 66.7 Å². The van der Waals surface area contributed by atoms with Gasteiger partial charge in [0.15, 0.2) is 0 Å². The number of nitro benzene ring substituents is 1. The van der Waals surface area contributed by atoms with Gasteiger partial charge in [0.25, 0.3) is 11.6 Å². The minimum atomic E-state index is -0.429. The molecule has 2 heterocycles. The molecule has 0 bridgehead atoms. The van der Waals surface area contributed by atoms with E-state index in [0.717, 1.165) is 13.1 Å². The summed E-state index contributed by atoms with van der Waals surface area (Å²) in [6.07, 6.45) is 1.24. The normalized spacial score (nSPS) is 22.3. The number of amides is 1. The van der Waals surface area contributed by atoms with Gasteiger partial charge in [-0.15, -0.1) is 0 Å². The Balaban J connectivity index is 1.65. The van der Waals surface area contributed by atoms with Crippen molar-refractivity contribution < 1.29 is 9.72 Å². The van der Waals surface area contributed by atoms with Crippen LogP contribution < -0.4 is 0 Å². The zero-order valence-corrected chi connectivity index (χ0v) is 14.1. The Kier molecular flexibility index (Phi) is 4.87.